The van der Waals surface area contributed by atoms with Gasteiger partial charge in [-0.2, -0.15) is 0 Å². The minimum Gasteiger partial charge on any atom is -0.465 e. The lowest BCUT2D eigenvalue weighted by atomic mass is 10.0. The van der Waals surface area contributed by atoms with E-state index in [1.165, 1.54) is 39.2 Å². The van der Waals surface area contributed by atoms with Gasteiger partial charge in [0.1, 0.15) is 21.1 Å². The molecule has 0 fully saturated rings. The number of Topliss-reactive ketones (excluding diaryl/α,β-unsaturated/α-hetero) is 1. The van der Waals surface area contributed by atoms with Crippen molar-refractivity contribution in [3.05, 3.63) is 56.3 Å². The lowest BCUT2D eigenvalue weighted by Crippen LogP contribution is -2.22. The molecule has 26 heavy (non-hydrogen) atoms. The molecule has 0 radical (unpaired) electrons. The Bertz CT molecular complexity index is 965. The van der Waals surface area contributed by atoms with Gasteiger partial charge in [-0.25, -0.2) is 19.0 Å². The summed E-state index contributed by atoms with van der Waals surface area (Å²) in [5, 5.41) is 0. The van der Waals surface area contributed by atoms with Crippen LogP contribution in [0.15, 0.2) is 29.3 Å². The molecule has 1 aromatic heterocycles. The van der Waals surface area contributed by atoms with Crippen molar-refractivity contribution in [3.8, 4) is 0 Å². The normalized spacial score (nSPS) is 11.2. The second-order valence-corrected chi connectivity index (χ2v) is 6.21. The van der Waals surface area contributed by atoms with Gasteiger partial charge in [0.05, 0.1) is 25.3 Å². The van der Waals surface area contributed by atoms with Crippen molar-refractivity contribution in [1.82, 2.24) is 0 Å². The van der Waals surface area contributed by atoms with E-state index < -0.39 is 17.8 Å². The topological polar surface area (TPSA) is 82.0 Å². The van der Waals surface area contributed by atoms with Crippen LogP contribution in [0.2, 0.25) is 0 Å². The molecule has 0 saturated heterocycles. The molecule has 0 N–H and O–H groups in total. The highest BCUT2D eigenvalue weighted by atomic mass is 32.1. The minimum absolute atomic E-state index is 0.00674. The number of esters is 2. The van der Waals surface area contributed by atoms with E-state index in [4.69, 9.17) is 9.47 Å². The molecule has 2 rings (SSSR count). The molecule has 0 aliphatic heterocycles. The number of halogens is 1. The second-order valence-electron chi connectivity index (χ2n) is 5.21. The van der Waals surface area contributed by atoms with Crippen LogP contribution in [0.1, 0.15) is 42.9 Å². The molecule has 2 aromatic rings. The average molecular weight is 377 g/mol. The fraction of sp³-hybridized carbons (Fsp3) is 0.222. The highest BCUT2D eigenvalue weighted by Gasteiger charge is 2.26. The lowest BCUT2D eigenvalue weighted by Gasteiger charge is -2.12. The van der Waals surface area contributed by atoms with E-state index in [1.54, 1.807) is 6.07 Å². The maximum atomic E-state index is 14.0. The first-order chi connectivity index (χ1) is 12.3. The molecule has 0 amide bonds. The van der Waals surface area contributed by atoms with Gasteiger partial charge in [0.15, 0.2) is 5.78 Å². The zero-order chi connectivity index (χ0) is 19.4. The molecule has 6 nitrogen and oxygen atoms in total. The molecular formula is C18H16FNO5S. The van der Waals surface area contributed by atoms with E-state index in [1.807, 2.05) is 0 Å². The van der Waals surface area contributed by atoms with Gasteiger partial charge in [0, 0.05) is 0 Å². The summed E-state index contributed by atoms with van der Waals surface area (Å²) < 4.78 is 23.5. The number of rotatable bonds is 4. The number of hydrogen-bond acceptors (Lipinski definition) is 7. The van der Waals surface area contributed by atoms with Crippen LogP contribution in [0.4, 0.5) is 10.1 Å². The van der Waals surface area contributed by atoms with Crippen LogP contribution in [0.25, 0.3) is 0 Å². The number of ketones is 1. The Morgan fingerprint density at radius 3 is 2.19 bits per heavy atom. The van der Waals surface area contributed by atoms with E-state index >= 15 is 0 Å². The first kappa shape index (κ1) is 19.5. The molecule has 0 spiro atoms. The van der Waals surface area contributed by atoms with Crippen LogP contribution in [0.5, 0.6) is 0 Å². The van der Waals surface area contributed by atoms with Crippen molar-refractivity contribution in [1.29, 1.82) is 0 Å². The van der Waals surface area contributed by atoms with Crippen LogP contribution >= 0.6 is 11.3 Å². The maximum Gasteiger partial charge on any atom is 0.349 e. The Kier molecular flexibility index (Phi) is 5.99. The summed E-state index contributed by atoms with van der Waals surface area (Å²) in [7, 11) is 2.33. The average Bonchev–Trinajstić information content (AvgIpc) is 2.61. The fourth-order valence-electron chi connectivity index (χ4n) is 2.38. The molecule has 8 heteroatoms. The van der Waals surface area contributed by atoms with Crippen LogP contribution in [-0.2, 0) is 9.47 Å². The molecule has 1 aromatic carbocycles. The Labute approximate surface area is 152 Å². The summed E-state index contributed by atoms with van der Waals surface area (Å²) >= 11 is 0.769. The third-order valence-electron chi connectivity index (χ3n) is 3.58. The van der Waals surface area contributed by atoms with Crippen molar-refractivity contribution in [2.75, 3.05) is 14.2 Å². The van der Waals surface area contributed by atoms with Gasteiger partial charge < -0.3 is 9.47 Å². The van der Waals surface area contributed by atoms with Crippen molar-refractivity contribution in [3.63, 3.8) is 0 Å². The Hall–Kier alpha value is -2.87. The number of ether oxygens (including phenoxy) is 2. The highest BCUT2D eigenvalue weighted by Crippen LogP contribution is 2.23. The van der Waals surface area contributed by atoms with Crippen LogP contribution in [0, 0.1) is 12.7 Å². The summed E-state index contributed by atoms with van der Waals surface area (Å²) in [5.41, 5.74) is 0.277. The first-order valence-electron chi connectivity index (χ1n) is 7.46. The Morgan fingerprint density at radius 1 is 1.04 bits per heavy atom. The van der Waals surface area contributed by atoms with Gasteiger partial charge in [-0.1, -0.05) is 12.1 Å². The van der Waals surface area contributed by atoms with Crippen LogP contribution in [-0.4, -0.2) is 31.9 Å². The summed E-state index contributed by atoms with van der Waals surface area (Å²) in [6.07, 6.45) is 0. The van der Waals surface area contributed by atoms with Crippen molar-refractivity contribution in [2.45, 2.75) is 13.8 Å². The molecule has 0 aliphatic carbocycles. The van der Waals surface area contributed by atoms with E-state index in [9.17, 15) is 18.8 Å². The first-order valence-corrected chi connectivity index (χ1v) is 8.28. The van der Waals surface area contributed by atoms with E-state index in [0.29, 0.717) is 0 Å². The van der Waals surface area contributed by atoms with Crippen molar-refractivity contribution in [2.24, 2.45) is 4.99 Å². The molecule has 0 bridgehead atoms. The minimum atomic E-state index is -0.779. The Balaban J connectivity index is 2.95. The number of nitrogens with zero attached hydrogens (tertiary/aromatic N) is 1. The van der Waals surface area contributed by atoms with Gasteiger partial charge in [0.25, 0.3) is 0 Å². The van der Waals surface area contributed by atoms with E-state index in [2.05, 4.69) is 4.99 Å². The van der Waals surface area contributed by atoms with Gasteiger partial charge in [0.2, 0.25) is 0 Å². The predicted molar refractivity (Wildman–Crippen MR) is 93.4 cm³/mol. The third kappa shape index (κ3) is 3.70. The smallest absolute Gasteiger partial charge is 0.349 e. The van der Waals surface area contributed by atoms with Crippen molar-refractivity contribution < 1.29 is 28.2 Å². The molecule has 0 atom stereocenters. The van der Waals surface area contributed by atoms with Gasteiger partial charge in [-0.3, -0.25) is 4.79 Å². The number of para-hydroxylation sites is 1. The maximum absolute atomic E-state index is 14.0. The summed E-state index contributed by atoms with van der Waals surface area (Å²) in [6, 6.07) is 5.77. The molecule has 1 heterocycles. The predicted octanol–water partition coefficient (Wildman–Crippen LogP) is 3.20. The van der Waals surface area contributed by atoms with Gasteiger partial charge in [-0.05, 0) is 31.5 Å². The van der Waals surface area contributed by atoms with Crippen LogP contribution < -0.4 is 4.67 Å². The van der Waals surface area contributed by atoms with Crippen molar-refractivity contribution >= 4 is 34.7 Å². The van der Waals surface area contributed by atoms with Gasteiger partial charge >= 0.3 is 11.9 Å². The standard InChI is InChI=1S/C18H16FNO5S/c1-9-13(10(2)21)16(20-12-8-6-5-7-11(12)19)26-15(18(23)25-4)14(9)17(22)24-3/h5-8H,1-4H3. The molecule has 0 unspecified atom stereocenters. The number of benzene rings is 1. The summed E-state index contributed by atoms with van der Waals surface area (Å²) in [6.45, 7) is 2.80. The molecule has 0 aliphatic rings. The second kappa shape index (κ2) is 8.01. The highest BCUT2D eigenvalue weighted by molar-refractivity contribution is 7.11. The van der Waals surface area contributed by atoms with E-state index in [0.717, 1.165) is 18.4 Å². The largest absolute Gasteiger partial charge is 0.465 e. The quantitative estimate of drug-likeness (QED) is 0.604. The van der Waals surface area contributed by atoms with Crippen LogP contribution in [0.3, 0.4) is 0 Å². The molecule has 136 valence electrons. The van der Waals surface area contributed by atoms with E-state index in [-0.39, 0.29) is 37.7 Å². The summed E-state index contributed by atoms with van der Waals surface area (Å²) in [4.78, 5) is 40.6. The number of methoxy groups -OCH3 is 2. The molecular weight excluding hydrogens is 361 g/mol. The number of hydrogen-bond donors (Lipinski definition) is 0. The monoisotopic (exact) mass is 377 g/mol. The zero-order valence-electron chi connectivity index (χ0n) is 14.6. The SMILES string of the molecule is COC(=O)c1sc(=Nc2ccccc2F)c(C(C)=O)c(C)c1C(=O)OC. The summed E-state index contributed by atoms with van der Waals surface area (Å²) in [5.74, 6) is -2.52. The number of carbonyl (C=O) groups is 3. The zero-order valence-corrected chi connectivity index (χ0v) is 15.4. The Morgan fingerprint density at radius 2 is 1.65 bits per heavy atom. The molecule has 0 saturated carbocycles. The fourth-order valence-corrected chi connectivity index (χ4v) is 3.63. The third-order valence-corrected chi connectivity index (χ3v) is 4.64. The van der Waals surface area contributed by atoms with Gasteiger partial charge in [-0.15, -0.1) is 11.3 Å². The lowest BCUT2D eigenvalue weighted by molar-refractivity contribution is 0.0558. The number of carbonyl (C=O) groups excluding carboxylic acids is 3.